The highest BCUT2D eigenvalue weighted by atomic mass is 16.5. The molecule has 2 aromatic rings. The lowest BCUT2D eigenvalue weighted by Crippen LogP contribution is -2.03. The van der Waals surface area contributed by atoms with E-state index in [1.807, 2.05) is 18.2 Å². The average molecular weight is 299 g/mol. The number of ether oxygens (including phenoxy) is 2. The molecule has 0 aromatic heterocycles. The summed E-state index contributed by atoms with van der Waals surface area (Å²) >= 11 is 0. The van der Waals surface area contributed by atoms with Gasteiger partial charge in [0, 0.05) is 5.56 Å². The lowest BCUT2D eigenvalue weighted by molar-refractivity contribution is 0.294. The Morgan fingerprint density at radius 2 is 1.86 bits per heavy atom. The zero-order chi connectivity index (χ0) is 15.9. The Morgan fingerprint density at radius 3 is 2.59 bits per heavy atom. The Hall–Kier alpha value is -2.00. The highest BCUT2D eigenvalue weighted by Crippen LogP contribution is 2.25. The maximum absolute atomic E-state index is 6.00. The van der Waals surface area contributed by atoms with Gasteiger partial charge in [0.05, 0.1) is 7.11 Å². The highest BCUT2D eigenvalue weighted by molar-refractivity contribution is 5.40. The number of nitrogens with two attached hydrogens (primary N) is 1. The molecule has 2 N–H and O–H groups in total. The fraction of sp³-hybridized carbons (Fsp3) is 0.368. The molecule has 0 aliphatic rings. The molecule has 0 amide bonds. The first kappa shape index (κ1) is 16.4. The lowest BCUT2D eigenvalue weighted by atomic mass is 10.1. The Kier molecular flexibility index (Phi) is 5.84. The summed E-state index contributed by atoms with van der Waals surface area (Å²) in [4.78, 5) is 0. The summed E-state index contributed by atoms with van der Waals surface area (Å²) in [7, 11) is 1.69. The maximum atomic E-state index is 6.00. The van der Waals surface area contributed by atoms with Crippen LogP contribution < -0.4 is 15.2 Å². The van der Waals surface area contributed by atoms with Gasteiger partial charge in [-0.3, -0.25) is 0 Å². The third kappa shape index (κ3) is 4.01. The molecule has 118 valence electrons. The van der Waals surface area contributed by atoms with Gasteiger partial charge in [-0.25, -0.2) is 0 Å². The van der Waals surface area contributed by atoms with Crippen LogP contribution in [0, 0.1) is 13.8 Å². The van der Waals surface area contributed by atoms with Crippen LogP contribution in [-0.2, 0) is 13.0 Å². The number of methoxy groups -OCH3 is 1. The van der Waals surface area contributed by atoms with E-state index in [1.54, 1.807) is 7.11 Å². The molecular weight excluding hydrogens is 274 g/mol. The standard InChI is InChI=1S/C19H25NO2/c1-14-6-4-8-18(15(14)2)22-13-17-12-16(7-5-11-20)9-10-19(17)21-3/h4,6,8-10,12H,5,7,11,13,20H2,1-3H3. The first-order chi connectivity index (χ1) is 10.7. The average Bonchev–Trinajstić information content (AvgIpc) is 2.54. The number of hydrogen-bond acceptors (Lipinski definition) is 3. The topological polar surface area (TPSA) is 44.5 Å². The highest BCUT2D eigenvalue weighted by Gasteiger charge is 2.07. The molecule has 0 heterocycles. The summed E-state index contributed by atoms with van der Waals surface area (Å²) in [6.07, 6.45) is 1.97. The summed E-state index contributed by atoms with van der Waals surface area (Å²) in [5.74, 6) is 1.79. The van der Waals surface area contributed by atoms with Crippen LogP contribution in [0.1, 0.15) is 28.7 Å². The minimum atomic E-state index is 0.504. The van der Waals surface area contributed by atoms with Crippen LogP contribution in [0.15, 0.2) is 36.4 Å². The minimum Gasteiger partial charge on any atom is -0.496 e. The molecule has 0 saturated heterocycles. The molecule has 0 radical (unpaired) electrons. The van der Waals surface area contributed by atoms with Gasteiger partial charge in [-0.05, 0) is 68.1 Å². The molecule has 2 rings (SSSR count). The van der Waals surface area contributed by atoms with E-state index in [-0.39, 0.29) is 0 Å². The molecule has 2 aromatic carbocycles. The van der Waals surface area contributed by atoms with Crippen molar-refractivity contribution < 1.29 is 9.47 Å². The van der Waals surface area contributed by atoms with Crippen molar-refractivity contribution in [2.75, 3.05) is 13.7 Å². The van der Waals surface area contributed by atoms with Crippen molar-refractivity contribution >= 4 is 0 Å². The van der Waals surface area contributed by atoms with E-state index in [0.717, 1.165) is 29.9 Å². The van der Waals surface area contributed by atoms with Crippen molar-refractivity contribution in [2.24, 2.45) is 5.73 Å². The Bertz CT molecular complexity index is 623. The van der Waals surface area contributed by atoms with Crippen molar-refractivity contribution in [2.45, 2.75) is 33.3 Å². The van der Waals surface area contributed by atoms with Crippen molar-refractivity contribution in [1.29, 1.82) is 0 Å². The van der Waals surface area contributed by atoms with Crippen LogP contribution in [-0.4, -0.2) is 13.7 Å². The smallest absolute Gasteiger partial charge is 0.125 e. The van der Waals surface area contributed by atoms with E-state index in [0.29, 0.717) is 13.2 Å². The normalized spacial score (nSPS) is 10.5. The van der Waals surface area contributed by atoms with Gasteiger partial charge in [-0.15, -0.1) is 0 Å². The molecule has 0 bridgehead atoms. The van der Waals surface area contributed by atoms with Gasteiger partial charge >= 0.3 is 0 Å². The van der Waals surface area contributed by atoms with Crippen LogP contribution in [0.5, 0.6) is 11.5 Å². The van der Waals surface area contributed by atoms with Crippen LogP contribution >= 0.6 is 0 Å². The summed E-state index contributed by atoms with van der Waals surface area (Å²) in [6, 6.07) is 12.4. The van der Waals surface area contributed by atoms with E-state index < -0.39 is 0 Å². The lowest BCUT2D eigenvalue weighted by Gasteiger charge is -2.14. The minimum absolute atomic E-state index is 0.504. The van der Waals surface area contributed by atoms with Crippen LogP contribution in [0.4, 0.5) is 0 Å². The van der Waals surface area contributed by atoms with Gasteiger partial charge in [0.2, 0.25) is 0 Å². The number of aryl methyl sites for hydroxylation is 2. The number of hydrogen-bond donors (Lipinski definition) is 1. The molecule has 0 saturated carbocycles. The van der Waals surface area contributed by atoms with Crippen molar-refractivity contribution in [3.8, 4) is 11.5 Å². The quantitative estimate of drug-likeness (QED) is 0.846. The zero-order valence-corrected chi connectivity index (χ0v) is 13.7. The monoisotopic (exact) mass is 299 g/mol. The Balaban J connectivity index is 2.15. The second-order valence-corrected chi connectivity index (χ2v) is 5.53. The van der Waals surface area contributed by atoms with E-state index >= 15 is 0 Å². The molecular formula is C19H25NO2. The molecule has 3 nitrogen and oxygen atoms in total. The Labute approximate surface area is 133 Å². The maximum Gasteiger partial charge on any atom is 0.125 e. The van der Waals surface area contributed by atoms with Crippen LogP contribution in [0.25, 0.3) is 0 Å². The second-order valence-electron chi connectivity index (χ2n) is 5.53. The summed E-state index contributed by atoms with van der Waals surface area (Å²) in [6.45, 7) is 5.39. The van der Waals surface area contributed by atoms with Gasteiger partial charge in [-0.1, -0.05) is 18.2 Å². The van der Waals surface area contributed by atoms with Gasteiger partial charge in [-0.2, -0.15) is 0 Å². The van der Waals surface area contributed by atoms with E-state index in [1.165, 1.54) is 16.7 Å². The van der Waals surface area contributed by atoms with Gasteiger partial charge < -0.3 is 15.2 Å². The van der Waals surface area contributed by atoms with Gasteiger partial charge in [0.1, 0.15) is 18.1 Å². The first-order valence-corrected chi connectivity index (χ1v) is 7.70. The van der Waals surface area contributed by atoms with Crippen LogP contribution in [0.2, 0.25) is 0 Å². The third-order valence-electron chi connectivity index (χ3n) is 3.95. The van der Waals surface area contributed by atoms with Crippen molar-refractivity contribution in [3.05, 3.63) is 58.7 Å². The summed E-state index contributed by atoms with van der Waals surface area (Å²) in [5, 5.41) is 0. The molecule has 0 aliphatic carbocycles. The van der Waals surface area contributed by atoms with Gasteiger partial charge in [0.15, 0.2) is 0 Å². The molecule has 0 atom stereocenters. The predicted octanol–water partition coefficient (Wildman–Crippen LogP) is 3.78. The first-order valence-electron chi connectivity index (χ1n) is 7.70. The molecule has 0 fully saturated rings. The van der Waals surface area contributed by atoms with Gasteiger partial charge in [0.25, 0.3) is 0 Å². The van der Waals surface area contributed by atoms with E-state index in [9.17, 15) is 0 Å². The number of benzene rings is 2. The fourth-order valence-corrected chi connectivity index (χ4v) is 2.44. The third-order valence-corrected chi connectivity index (χ3v) is 3.95. The molecule has 22 heavy (non-hydrogen) atoms. The van der Waals surface area contributed by atoms with Crippen LogP contribution in [0.3, 0.4) is 0 Å². The van der Waals surface area contributed by atoms with E-state index in [2.05, 4.69) is 32.0 Å². The molecule has 3 heteroatoms. The SMILES string of the molecule is COc1ccc(CCCN)cc1COc1cccc(C)c1C. The molecule has 0 unspecified atom stereocenters. The second kappa shape index (κ2) is 7.85. The zero-order valence-electron chi connectivity index (χ0n) is 13.7. The number of rotatable bonds is 7. The van der Waals surface area contributed by atoms with Crippen molar-refractivity contribution in [1.82, 2.24) is 0 Å². The molecule has 0 spiro atoms. The fourth-order valence-electron chi connectivity index (χ4n) is 2.44. The predicted molar refractivity (Wildman–Crippen MR) is 90.6 cm³/mol. The van der Waals surface area contributed by atoms with Crippen molar-refractivity contribution in [3.63, 3.8) is 0 Å². The largest absolute Gasteiger partial charge is 0.496 e. The van der Waals surface area contributed by atoms with E-state index in [4.69, 9.17) is 15.2 Å². The summed E-state index contributed by atoms with van der Waals surface area (Å²) in [5.41, 5.74) is 10.3. The molecule has 0 aliphatic heterocycles. The Morgan fingerprint density at radius 1 is 1.05 bits per heavy atom. The summed E-state index contributed by atoms with van der Waals surface area (Å²) < 4.78 is 11.4.